The number of hydrogen-bond acceptors (Lipinski definition) is 4. The van der Waals surface area contributed by atoms with Crippen LogP contribution in [0.15, 0.2) is 54.6 Å². The van der Waals surface area contributed by atoms with Crippen LogP contribution < -0.4 is 5.32 Å². The maximum Gasteiger partial charge on any atom is 0.342 e. The van der Waals surface area contributed by atoms with Crippen LogP contribution in [-0.4, -0.2) is 23.6 Å². The van der Waals surface area contributed by atoms with Gasteiger partial charge in [-0.15, -0.1) is 0 Å². The highest BCUT2D eigenvalue weighted by molar-refractivity contribution is 6.39. The Labute approximate surface area is 159 Å². The Kier molecular flexibility index (Phi) is 5.30. The van der Waals surface area contributed by atoms with Crippen LogP contribution in [0, 0.1) is 0 Å². The molecule has 0 aromatic heterocycles. The molecule has 26 heavy (non-hydrogen) atoms. The summed E-state index contributed by atoms with van der Waals surface area (Å²) in [7, 11) is 0. The molecule has 0 bridgehead atoms. The summed E-state index contributed by atoms with van der Waals surface area (Å²) in [6.07, 6.45) is 0. The van der Waals surface area contributed by atoms with E-state index >= 15 is 0 Å². The lowest BCUT2D eigenvalue weighted by molar-refractivity contribution is -0.119. The summed E-state index contributed by atoms with van der Waals surface area (Å²) in [6.45, 7) is -0.549. The SMILES string of the molecule is O=C(COC(=O)c1ccc2ccccc2c1O)Nc1c(Cl)cccc1Cl. The predicted octanol–water partition coefficient (Wildman–Crippen LogP) is 4.65. The number of fused-ring (bicyclic) bond motifs is 1. The zero-order chi connectivity index (χ0) is 18.7. The van der Waals surface area contributed by atoms with Crippen molar-refractivity contribution >= 4 is 51.5 Å². The van der Waals surface area contributed by atoms with Gasteiger partial charge in [0.05, 0.1) is 15.7 Å². The molecule has 1 amide bonds. The molecule has 0 aliphatic carbocycles. The molecule has 0 atom stereocenters. The minimum absolute atomic E-state index is 0.0210. The molecular formula is C19H13Cl2NO4. The van der Waals surface area contributed by atoms with Crippen LogP contribution in [0.5, 0.6) is 5.75 Å². The number of phenols is 1. The van der Waals surface area contributed by atoms with E-state index in [4.69, 9.17) is 27.9 Å². The van der Waals surface area contributed by atoms with Crippen LogP contribution in [0.4, 0.5) is 5.69 Å². The van der Waals surface area contributed by atoms with Crippen molar-refractivity contribution in [2.75, 3.05) is 11.9 Å². The summed E-state index contributed by atoms with van der Waals surface area (Å²) in [5, 5.41) is 14.6. The molecule has 3 aromatic carbocycles. The molecule has 0 spiro atoms. The minimum atomic E-state index is -0.811. The van der Waals surface area contributed by atoms with Crippen molar-refractivity contribution in [2.45, 2.75) is 0 Å². The van der Waals surface area contributed by atoms with Crippen molar-refractivity contribution in [1.82, 2.24) is 0 Å². The third-order valence-electron chi connectivity index (χ3n) is 3.68. The summed E-state index contributed by atoms with van der Waals surface area (Å²) in [5.41, 5.74) is 0.220. The lowest BCUT2D eigenvalue weighted by atomic mass is 10.1. The van der Waals surface area contributed by atoms with Gasteiger partial charge >= 0.3 is 5.97 Å². The van der Waals surface area contributed by atoms with Crippen LogP contribution in [0.1, 0.15) is 10.4 Å². The maximum atomic E-state index is 12.2. The van der Waals surface area contributed by atoms with Gasteiger partial charge in [0.25, 0.3) is 5.91 Å². The standard InChI is InChI=1S/C19H13Cl2NO4/c20-14-6-3-7-15(21)17(14)22-16(23)10-26-19(25)13-9-8-11-4-1-2-5-12(11)18(13)24/h1-9,24H,10H2,(H,22,23). The molecule has 3 rings (SSSR count). The van der Waals surface area contributed by atoms with Crippen molar-refractivity contribution in [3.8, 4) is 5.75 Å². The number of anilines is 1. The van der Waals surface area contributed by atoms with Gasteiger partial charge in [0.2, 0.25) is 0 Å². The Bertz CT molecular complexity index is 984. The van der Waals surface area contributed by atoms with Crippen molar-refractivity contribution < 1.29 is 19.4 Å². The van der Waals surface area contributed by atoms with Gasteiger partial charge < -0.3 is 15.2 Å². The van der Waals surface area contributed by atoms with Crippen LogP contribution in [0.25, 0.3) is 10.8 Å². The number of nitrogens with one attached hydrogen (secondary N) is 1. The summed E-state index contributed by atoms with van der Waals surface area (Å²) < 4.78 is 4.97. The highest BCUT2D eigenvalue weighted by Crippen LogP contribution is 2.30. The molecule has 0 heterocycles. The fourth-order valence-electron chi connectivity index (χ4n) is 2.42. The second kappa shape index (κ2) is 7.64. The Balaban J connectivity index is 1.69. The normalized spacial score (nSPS) is 10.5. The van der Waals surface area contributed by atoms with E-state index in [1.54, 1.807) is 36.4 Å². The second-order valence-electron chi connectivity index (χ2n) is 5.40. The lowest BCUT2D eigenvalue weighted by Gasteiger charge is -2.10. The predicted molar refractivity (Wildman–Crippen MR) is 101 cm³/mol. The van der Waals surface area contributed by atoms with Crippen LogP contribution in [0.3, 0.4) is 0 Å². The number of para-hydroxylation sites is 1. The first-order valence-corrected chi connectivity index (χ1v) is 8.34. The Morgan fingerprint density at radius 1 is 0.962 bits per heavy atom. The van der Waals surface area contributed by atoms with Crippen LogP contribution in [-0.2, 0) is 9.53 Å². The van der Waals surface area contributed by atoms with E-state index in [9.17, 15) is 14.7 Å². The van der Waals surface area contributed by atoms with Gasteiger partial charge in [0.15, 0.2) is 6.61 Å². The van der Waals surface area contributed by atoms with E-state index in [1.807, 2.05) is 12.1 Å². The fraction of sp³-hybridized carbons (Fsp3) is 0.0526. The first-order valence-electron chi connectivity index (χ1n) is 7.59. The quantitative estimate of drug-likeness (QED) is 0.636. The van der Waals surface area contributed by atoms with E-state index in [1.165, 1.54) is 6.07 Å². The highest BCUT2D eigenvalue weighted by atomic mass is 35.5. The first-order chi connectivity index (χ1) is 12.5. The molecule has 0 fully saturated rings. The zero-order valence-corrected chi connectivity index (χ0v) is 14.8. The lowest BCUT2D eigenvalue weighted by Crippen LogP contribution is -2.21. The number of aromatic hydroxyl groups is 1. The van der Waals surface area contributed by atoms with Gasteiger partial charge in [-0.1, -0.05) is 59.6 Å². The molecule has 0 saturated heterocycles. The number of benzene rings is 3. The molecule has 0 aliphatic rings. The largest absolute Gasteiger partial charge is 0.506 e. The topological polar surface area (TPSA) is 75.6 Å². The van der Waals surface area contributed by atoms with Crippen LogP contribution >= 0.6 is 23.2 Å². The number of phenolic OH excluding ortho intramolecular Hbond substituents is 1. The van der Waals surface area contributed by atoms with Crippen molar-refractivity contribution in [2.24, 2.45) is 0 Å². The van der Waals surface area contributed by atoms with Crippen molar-refractivity contribution in [3.05, 3.63) is 70.2 Å². The number of ether oxygens (including phenoxy) is 1. The number of amides is 1. The zero-order valence-electron chi connectivity index (χ0n) is 13.3. The Hall–Kier alpha value is -2.76. The molecule has 0 aliphatic heterocycles. The number of esters is 1. The molecule has 0 unspecified atom stereocenters. The van der Waals surface area contributed by atoms with E-state index in [-0.39, 0.29) is 27.0 Å². The monoisotopic (exact) mass is 389 g/mol. The Morgan fingerprint density at radius 3 is 2.38 bits per heavy atom. The summed E-state index contributed by atoms with van der Waals surface area (Å²) in [6, 6.07) is 15.0. The molecule has 2 N–H and O–H groups in total. The van der Waals surface area contributed by atoms with E-state index in [0.29, 0.717) is 5.39 Å². The average molecular weight is 390 g/mol. The molecule has 5 nitrogen and oxygen atoms in total. The number of hydrogen-bond donors (Lipinski definition) is 2. The van der Waals surface area contributed by atoms with Gasteiger partial charge in [-0.2, -0.15) is 0 Å². The number of halogens is 2. The highest BCUT2D eigenvalue weighted by Gasteiger charge is 2.17. The van der Waals surface area contributed by atoms with Gasteiger partial charge in [0.1, 0.15) is 11.3 Å². The average Bonchev–Trinajstić information content (AvgIpc) is 2.63. The van der Waals surface area contributed by atoms with E-state index in [2.05, 4.69) is 5.32 Å². The molecule has 7 heteroatoms. The summed E-state index contributed by atoms with van der Waals surface area (Å²) >= 11 is 11.9. The first kappa shape index (κ1) is 18.0. The minimum Gasteiger partial charge on any atom is -0.506 e. The summed E-state index contributed by atoms with van der Waals surface area (Å²) in [4.78, 5) is 24.2. The van der Waals surface area contributed by atoms with E-state index < -0.39 is 18.5 Å². The second-order valence-corrected chi connectivity index (χ2v) is 6.22. The van der Waals surface area contributed by atoms with Gasteiger partial charge in [-0.25, -0.2) is 4.79 Å². The van der Waals surface area contributed by atoms with Crippen LogP contribution in [0.2, 0.25) is 10.0 Å². The maximum absolute atomic E-state index is 12.2. The van der Waals surface area contributed by atoms with E-state index in [0.717, 1.165) is 5.39 Å². The molecule has 132 valence electrons. The van der Waals surface area contributed by atoms with Gasteiger partial charge in [0, 0.05) is 5.39 Å². The molecule has 0 radical (unpaired) electrons. The molecule has 3 aromatic rings. The molecular weight excluding hydrogens is 377 g/mol. The summed E-state index contributed by atoms with van der Waals surface area (Å²) in [5.74, 6) is -1.61. The smallest absolute Gasteiger partial charge is 0.342 e. The van der Waals surface area contributed by atoms with Crippen molar-refractivity contribution in [3.63, 3.8) is 0 Å². The number of rotatable bonds is 4. The third-order valence-corrected chi connectivity index (χ3v) is 4.31. The fourth-order valence-corrected chi connectivity index (χ4v) is 2.91. The number of carbonyl (C=O) groups is 2. The Morgan fingerprint density at radius 2 is 1.65 bits per heavy atom. The van der Waals surface area contributed by atoms with Gasteiger partial charge in [-0.3, -0.25) is 4.79 Å². The molecule has 0 saturated carbocycles. The third kappa shape index (κ3) is 3.74. The van der Waals surface area contributed by atoms with Gasteiger partial charge in [-0.05, 0) is 23.6 Å². The van der Waals surface area contributed by atoms with Crippen molar-refractivity contribution in [1.29, 1.82) is 0 Å². The number of carbonyl (C=O) groups excluding carboxylic acids is 2.